The molecule has 0 bridgehead atoms. The van der Waals surface area contributed by atoms with Gasteiger partial charge in [-0.2, -0.15) is 0 Å². The molecule has 0 spiro atoms. The van der Waals surface area contributed by atoms with Gasteiger partial charge in [0, 0.05) is 37.4 Å². The Morgan fingerprint density at radius 2 is 1.90 bits per heavy atom. The molecule has 1 saturated heterocycles. The minimum atomic E-state index is 0.519. The Morgan fingerprint density at radius 1 is 1.15 bits per heavy atom. The van der Waals surface area contributed by atoms with Crippen LogP contribution in [0.4, 0.5) is 10.8 Å². The van der Waals surface area contributed by atoms with Gasteiger partial charge in [0.1, 0.15) is 0 Å². The fourth-order valence-corrected chi connectivity index (χ4v) is 3.22. The number of piperazine rings is 1. The topological polar surface area (TPSA) is 58.3 Å². The van der Waals surface area contributed by atoms with E-state index in [1.807, 2.05) is 6.07 Å². The second-order valence-corrected chi connectivity index (χ2v) is 5.89. The number of para-hydroxylation sites is 1. The fraction of sp³-hybridized carbons (Fsp3) is 0.429. The molecule has 0 saturated carbocycles. The van der Waals surface area contributed by atoms with Gasteiger partial charge in [-0.3, -0.25) is 0 Å². The molecule has 1 fully saturated rings. The summed E-state index contributed by atoms with van der Waals surface area (Å²) in [4.78, 5) is 4.90. The molecule has 20 heavy (non-hydrogen) atoms. The van der Waals surface area contributed by atoms with Crippen molar-refractivity contribution >= 4 is 22.2 Å². The van der Waals surface area contributed by atoms with Crippen LogP contribution in [-0.2, 0) is 0 Å². The van der Waals surface area contributed by atoms with Crippen molar-refractivity contribution in [2.24, 2.45) is 0 Å². The van der Waals surface area contributed by atoms with Gasteiger partial charge >= 0.3 is 0 Å². The normalized spacial score (nSPS) is 16.6. The van der Waals surface area contributed by atoms with Crippen LogP contribution >= 0.6 is 11.3 Å². The quantitative estimate of drug-likeness (QED) is 0.935. The van der Waals surface area contributed by atoms with Crippen molar-refractivity contribution in [1.29, 1.82) is 0 Å². The summed E-state index contributed by atoms with van der Waals surface area (Å²) < 4.78 is 0. The summed E-state index contributed by atoms with van der Waals surface area (Å²) in [5.41, 5.74) is 8.07. The summed E-state index contributed by atoms with van der Waals surface area (Å²) in [6.45, 7) is 7.68. The lowest BCUT2D eigenvalue weighted by molar-refractivity contribution is 0.271. The van der Waals surface area contributed by atoms with Gasteiger partial charge in [0.05, 0.1) is 0 Å². The maximum absolute atomic E-state index is 5.71. The summed E-state index contributed by atoms with van der Waals surface area (Å²) in [6, 6.07) is 8.38. The zero-order chi connectivity index (χ0) is 13.9. The van der Waals surface area contributed by atoms with Gasteiger partial charge in [-0.25, -0.2) is 0 Å². The molecule has 6 heteroatoms. The SMILES string of the molecule is CCN1CCN(c2ccccc2-c2nnc(N)s2)CC1. The molecule has 0 unspecified atom stereocenters. The van der Waals surface area contributed by atoms with Crippen LogP contribution in [0.25, 0.3) is 10.6 Å². The summed E-state index contributed by atoms with van der Waals surface area (Å²) >= 11 is 1.44. The molecule has 5 nitrogen and oxygen atoms in total. The van der Waals surface area contributed by atoms with E-state index in [0.29, 0.717) is 5.13 Å². The molecule has 1 aliphatic heterocycles. The first kappa shape index (κ1) is 13.3. The first-order chi connectivity index (χ1) is 9.78. The van der Waals surface area contributed by atoms with E-state index in [4.69, 9.17) is 5.73 Å². The van der Waals surface area contributed by atoms with Crippen molar-refractivity contribution in [3.8, 4) is 10.6 Å². The Balaban J connectivity index is 1.87. The highest BCUT2D eigenvalue weighted by atomic mass is 32.1. The molecule has 106 valence electrons. The summed E-state index contributed by atoms with van der Waals surface area (Å²) in [7, 11) is 0. The van der Waals surface area contributed by atoms with Crippen LogP contribution in [0.15, 0.2) is 24.3 Å². The predicted octanol–water partition coefficient (Wildman–Crippen LogP) is 1.93. The first-order valence-corrected chi connectivity index (χ1v) is 7.75. The summed E-state index contributed by atoms with van der Waals surface area (Å²) in [6.07, 6.45) is 0. The zero-order valence-electron chi connectivity index (χ0n) is 11.6. The smallest absolute Gasteiger partial charge is 0.203 e. The number of hydrogen-bond donors (Lipinski definition) is 1. The fourth-order valence-electron chi connectivity index (χ4n) is 2.58. The van der Waals surface area contributed by atoms with E-state index in [-0.39, 0.29) is 0 Å². The number of rotatable bonds is 3. The average Bonchev–Trinajstić information content (AvgIpc) is 2.94. The maximum atomic E-state index is 5.71. The Morgan fingerprint density at radius 3 is 2.55 bits per heavy atom. The van der Waals surface area contributed by atoms with Gasteiger partial charge in [0.25, 0.3) is 0 Å². The molecule has 1 aromatic carbocycles. The van der Waals surface area contributed by atoms with Gasteiger partial charge in [0.2, 0.25) is 5.13 Å². The van der Waals surface area contributed by atoms with E-state index in [1.54, 1.807) is 0 Å². The minimum absolute atomic E-state index is 0.519. The van der Waals surface area contributed by atoms with Gasteiger partial charge in [0.15, 0.2) is 5.01 Å². The van der Waals surface area contributed by atoms with E-state index in [2.05, 4.69) is 45.1 Å². The molecule has 1 aliphatic rings. The van der Waals surface area contributed by atoms with E-state index >= 15 is 0 Å². The Labute approximate surface area is 123 Å². The highest BCUT2D eigenvalue weighted by Gasteiger charge is 2.19. The lowest BCUT2D eigenvalue weighted by Crippen LogP contribution is -2.46. The monoisotopic (exact) mass is 289 g/mol. The number of aromatic nitrogens is 2. The van der Waals surface area contributed by atoms with Crippen molar-refractivity contribution in [1.82, 2.24) is 15.1 Å². The van der Waals surface area contributed by atoms with Gasteiger partial charge < -0.3 is 15.5 Å². The molecular weight excluding hydrogens is 270 g/mol. The van der Waals surface area contributed by atoms with Crippen LogP contribution in [0.5, 0.6) is 0 Å². The van der Waals surface area contributed by atoms with Crippen molar-refractivity contribution in [3.05, 3.63) is 24.3 Å². The number of hydrogen-bond acceptors (Lipinski definition) is 6. The van der Waals surface area contributed by atoms with Gasteiger partial charge in [-0.05, 0) is 18.7 Å². The molecule has 0 atom stereocenters. The van der Waals surface area contributed by atoms with E-state index in [0.717, 1.165) is 43.3 Å². The number of nitrogen functional groups attached to an aromatic ring is 1. The standard InChI is InChI=1S/C14H19N5S/c1-2-18-7-9-19(10-8-18)12-6-4-3-5-11(12)13-16-17-14(15)20-13/h3-6H,2,7-10H2,1H3,(H2,15,17). The first-order valence-electron chi connectivity index (χ1n) is 6.93. The van der Waals surface area contributed by atoms with Crippen LogP contribution in [0.2, 0.25) is 0 Å². The second kappa shape index (κ2) is 5.76. The van der Waals surface area contributed by atoms with Crippen LogP contribution < -0.4 is 10.6 Å². The lowest BCUT2D eigenvalue weighted by Gasteiger charge is -2.36. The summed E-state index contributed by atoms with van der Waals surface area (Å²) in [5, 5.41) is 9.52. The minimum Gasteiger partial charge on any atom is -0.374 e. The van der Waals surface area contributed by atoms with E-state index in [9.17, 15) is 0 Å². The predicted molar refractivity (Wildman–Crippen MR) is 84.1 cm³/mol. The molecule has 2 N–H and O–H groups in total. The van der Waals surface area contributed by atoms with Gasteiger partial charge in [-0.15, -0.1) is 10.2 Å². The zero-order valence-corrected chi connectivity index (χ0v) is 12.4. The Bertz CT molecular complexity index is 574. The van der Waals surface area contributed by atoms with Crippen molar-refractivity contribution < 1.29 is 0 Å². The molecule has 0 radical (unpaired) electrons. The number of anilines is 2. The molecule has 1 aromatic heterocycles. The molecule has 3 rings (SSSR count). The van der Waals surface area contributed by atoms with Crippen LogP contribution in [0.1, 0.15) is 6.92 Å². The third-order valence-corrected chi connectivity index (χ3v) is 4.52. The number of nitrogens with zero attached hydrogens (tertiary/aromatic N) is 4. The van der Waals surface area contributed by atoms with Crippen molar-refractivity contribution in [2.45, 2.75) is 6.92 Å². The van der Waals surface area contributed by atoms with Crippen LogP contribution in [0.3, 0.4) is 0 Å². The molecular formula is C14H19N5S. The highest BCUT2D eigenvalue weighted by Crippen LogP contribution is 2.33. The van der Waals surface area contributed by atoms with E-state index < -0.39 is 0 Å². The molecule has 0 aliphatic carbocycles. The molecule has 0 amide bonds. The van der Waals surface area contributed by atoms with Crippen molar-refractivity contribution in [2.75, 3.05) is 43.4 Å². The Kier molecular flexibility index (Phi) is 3.84. The van der Waals surface area contributed by atoms with Crippen molar-refractivity contribution in [3.63, 3.8) is 0 Å². The Hall–Kier alpha value is -1.66. The molecule has 2 heterocycles. The third kappa shape index (κ3) is 2.62. The maximum Gasteiger partial charge on any atom is 0.203 e. The number of benzene rings is 1. The van der Waals surface area contributed by atoms with Crippen LogP contribution in [0, 0.1) is 0 Å². The number of nitrogens with two attached hydrogens (primary N) is 1. The van der Waals surface area contributed by atoms with Crippen LogP contribution in [-0.4, -0.2) is 47.8 Å². The second-order valence-electron chi connectivity index (χ2n) is 4.88. The highest BCUT2D eigenvalue weighted by molar-refractivity contribution is 7.18. The third-order valence-electron chi connectivity index (χ3n) is 3.74. The molecule has 2 aromatic rings. The van der Waals surface area contributed by atoms with E-state index in [1.165, 1.54) is 17.0 Å². The average molecular weight is 289 g/mol. The van der Waals surface area contributed by atoms with Gasteiger partial charge in [-0.1, -0.05) is 30.4 Å². The summed E-state index contributed by atoms with van der Waals surface area (Å²) in [5.74, 6) is 0. The number of likely N-dealkylation sites (N-methyl/N-ethyl adjacent to an activating group) is 1. The lowest BCUT2D eigenvalue weighted by atomic mass is 10.1. The largest absolute Gasteiger partial charge is 0.374 e.